The van der Waals surface area contributed by atoms with Crippen LogP contribution in [0.4, 0.5) is 10.2 Å². The van der Waals surface area contributed by atoms with Crippen LogP contribution in [0.1, 0.15) is 25.7 Å². The van der Waals surface area contributed by atoms with Gasteiger partial charge in [0, 0.05) is 19.0 Å². The van der Waals surface area contributed by atoms with Crippen molar-refractivity contribution in [3.63, 3.8) is 0 Å². The van der Waals surface area contributed by atoms with E-state index >= 15 is 0 Å². The van der Waals surface area contributed by atoms with Gasteiger partial charge in [-0.1, -0.05) is 0 Å². The summed E-state index contributed by atoms with van der Waals surface area (Å²) in [7, 11) is 0. The molecule has 0 atom stereocenters. The van der Waals surface area contributed by atoms with Crippen LogP contribution in [0, 0.1) is 18.2 Å². The molecule has 0 aliphatic carbocycles. The van der Waals surface area contributed by atoms with Gasteiger partial charge in [-0.05, 0) is 25.0 Å². The number of nitrogens with one attached hydrogen (secondary N) is 1. The van der Waals surface area contributed by atoms with Gasteiger partial charge < -0.3 is 5.32 Å². The highest BCUT2D eigenvalue weighted by molar-refractivity contribution is 5.89. The van der Waals surface area contributed by atoms with Crippen molar-refractivity contribution in [3.8, 4) is 12.3 Å². The molecule has 84 valence electrons. The fourth-order valence-electron chi connectivity index (χ4n) is 1.18. The first-order valence-corrected chi connectivity index (χ1v) is 5.08. The van der Waals surface area contributed by atoms with Gasteiger partial charge >= 0.3 is 0 Å². The normalized spacial score (nSPS) is 9.50. The third kappa shape index (κ3) is 4.09. The first-order valence-electron chi connectivity index (χ1n) is 5.08. The Hall–Kier alpha value is -1.89. The van der Waals surface area contributed by atoms with Crippen molar-refractivity contribution in [2.45, 2.75) is 25.7 Å². The van der Waals surface area contributed by atoms with E-state index in [2.05, 4.69) is 16.2 Å². The SMILES string of the molecule is C#CCCCCC(=O)Nc1ncccc1F. The smallest absolute Gasteiger partial charge is 0.225 e. The van der Waals surface area contributed by atoms with Crippen molar-refractivity contribution >= 4 is 11.7 Å². The number of terminal acetylenes is 1. The molecule has 0 saturated heterocycles. The van der Waals surface area contributed by atoms with Crippen molar-refractivity contribution in [1.82, 2.24) is 4.98 Å². The van der Waals surface area contributed by atoms with Crippen LogP contribution in [0.2, 0.25) is 0 Å². The number of hydrogen-bond donors (Lipinski definition) is 1. The molecule has 0 unspecified atom stereocenters. The molecule has 0 bridgehead atoms. The van der Waals surface area contributed by atoms with E-state index in [4.69, 9.17) is 6.42 Å². The minimum atomic E-state index is -0.528. The summed E-state index contributed by atoms with van der Waals surface area (Å²) in [4.78, 5) is 15.1. The zero-order valence-electron chi connectivity index (χ0n) is 8.87. The maximum absolute atomic E-state index is 13.1. The zero-order valence-corrected chi connectivity index (χ0v) is 8.87. The second-order valence-corrected chi connectivity index (χ2v) is 3.29. The van der Waals surface area contributed by atoms with Gasteiger partial charge in [0.1, 0.15) is 0 Å². The highest BCUT2D eigenvalue weighted by atomic mass is 19.1. The van der Waals surface area contributed by atoms with Gasteiger partial charge in [-0.25, -0.2) is 9.37 Å². The third-order valence-corrected chi connectivity index (χ3v) is 1.99. The van der Waals surface area contributed by atoms with Crippen molar-refractivity contribution in [2.24, 2.45) is 0 Å². The van der Waals surface area contributed by atoms with Gasteiger partial charge in [-0.15, -0.1) is 12.3 Å². The molecule has 0 radical (unpaired) electrons. The summed E-state index contributed by atoms with van der Waals surface area (Å²) in [5.41, 5.74) is 0. The molecular weight excluding hydrogens is 207 g/mol. The molecule has 3 nitrogen and oxygen atoms in total. The molecule has 0 aromatic carbocycles. The summed E-state index contributed by atoms with van der Waals surface area (Å²) >= 11 is 0. The molecule has 16 heavy (non-hydrogen) atoms. The van der Waals surface area contributed by atoms with Crippen LogP contribution in [-0.4, -0.2) is 10.9 Å². The highest BCUT2D eigenvalue weighted by Crippen LogP contribution is 2.09. The Morgan fingerprint density at radius 2 is 2.38 bits per heavy atom. The summed E-state index contributed by atoms with van der Waals surface area (Å²) in [5, 5.41) is 2.41. The largest absolute Gasteiger partial charge is 0.308 e. The molecule has 1 heterocycles. The number of amides is 1. The Balaban J connectivity index is 2.35. The predicted molar refractivity (Wildman–Crippen MR) is 60.1 cm³/mol. The summed E-state index contributed by atoms with van der Waals surface area (Å²) in [5.74, 6) is 1.70. The van der Waals surface area contributed by atoms with Crippen LogP contribution in [0.25, 0.3) is 0 Å². The Kier molecular flexibility index (Phi) is 5.00. The van der Waals surface area contributed by atoms with Crippen LogP contribution < -0.4 is 5.32 Å². The number of halogens is 1. The maximum Gasteiger partial charge on any atom is 0.225 e. The number of hydrogen-bond acceptors (Lipinski definition) is 2. The summed E-state index contributed by atoms with van der Waals surface area (Å²) in [6.45, 7) is 0. The van der Waals surface area contributed by atoms with Gasteiger partial charge in [-0.2, -0.15) is 0 Å². The van der Waals surface area contributed by atoms with E-state index in [9.17, 15) is 9.18 Å². The molecule has 1 N–H and O–H groups in total. The van der Waals surface area contributed by atoms with E-state index in [1.54, 1.807) is 0 Å². The van der Waals surface area contributed by atoms with Crippen molar-refractivity contribution < 1.29 is 9.18 Å². The predicted octanol–water partition coefficient (Wildman–Crippen LogP) is 2.35. The number of unbranched alkanes of at least 4 members (excludes halogenated alkanes) is 2. The minimum Gasteiger partial charge on any atom is -0.308 e. The van der Waals surface area contributed by atoms with Crippen LogP contribution in [0.3, 0.4) is 0 Å². The Bertz CT molecular complexity index is 398. The fourth-order valence-corrected chi connectivity index (χ4v) is 1.18. The van der Waals surface area contributed by atoms with E-state index in [1.807, 2.05) is 0 Å². The van der Waals surface area contributed by atoms with Gasteiger partial charge in [0.05, 0.1) is 0 Å². The third-order valence-electron chi connectivity index (χ3n) is 1.99. The van der Waals surface area contributed by atoms with Gasteiger partial charge in [0.15, 0.2) is 11.6 Å². The molecule has 0 fully saturated rings. The lowest BCUT2D eigenvalue weighted by Gasteiger charge is -2.04. The molecule has 4 heteroatoms. The number of aromatic nitrogens is 1. The van der Waals surface area contributed by atoms with Crippen LogP contribution >= 0.6 is 0 Å². The standard InChI is InChI=1S/C12H13FN2O/c1-2-3-4-5-8-11(16)15-12-10(13)7-6-9-14-12/h1,6-7,9H,3-5,8H2,(H,14,15,16). The lowest BCUT2D eigenvalue weighted by Crippen LogP contribution is -2.13. The lowest BCUT2D eigenvalue weighted by molar-refractivity contribution is -0.116. The minimum absolute atomic E-state index is 0.0237. The second-order valence-electron chi connectivity index (χ2n) is 3.29. The Morgan fingerprint density at radius 1 is 1.56 bits per heavy atom. The molecular formula is C12H13FN2O. The lowest BCUT2D eigenvalue weighted by atomic mass is 10.2. The molecule has 1 aromatic rings. The second kappa shape index (κ2) is 6.57. The van der Waals surface area contributed by atoms with E-state index in [0.717, 1.165) is 6.42 Å². The average Bonchev–Trinajstić information content (AvgIpc) is 2.28. The first kappa shape index (κ1) is 12.2. The number of rotatable bonds is 5. The van der Waals surface area contributed by atoms with E-state index in [1.165, 1.54) is 18.3 Å². The molecule has 0 aliphatic heterocycles. The summed E-state index contributed by atoms with van der Waals surface area (Å²) in [6.07, 6.45) is 8.99. The molecule has 0 saturated carbocycles. The number of anilines is 1. The monoisotopic (exact) mass is 220 g/mol. The van der Waals surface area contributed by atoms with Crippen LogP contribution in [0.15, 0.2) is 18.3 Å². The fraction of sp³-hybridized carbons (Fsp3) is 0.333. The van der Waals surface area contributed by atoms with Crippen LogP contribution in [0.5, 0.6) is 0 Å². The van der Waals surface area contributed by atoms with Crippen molar-refractivity contribution in [3.05, 3.63) is 24.1 Å². The molecule has 0 aliphatic rings. The number of nitrogens with zero attached hydrogens (tertiary/aromatic N) is 1. The number of carbonyl (C=O) groups excluding carboxylic acids is 1. The Labute approximate surface area is 94.1 Å². The van der Waals surface area contributed by atoms with Crippen molar-refractivity contribution in [1.29, 1.82) is 0 Å². The van der Waals surface area contributed by atoms with Gasteiger partial charge in [0.2, 0.25) is 5.91 Å². The van der Waals surface area contributed by atoms with Gasteiger partial charge in [0.25, 0.3) is 0 Å². The highest BCUT2D eigenvalue weighted by Gasteiger charge is 2.06. The topological polar surface area (TPSA) is 42.0 Å². The number of pyridine rings is 1. The first-order chi connectivity index (χ1) is 7.74. The molecule has 1 aromatic heterocycles. The quantitative estimate of drug-likeness (QED) is 0.611. The van der Waals surface area contributed by atoms with Crippen molar-refractivity contribution in [2.75, 3.05) is 5.32 Å². The van der Waals surface area contributed by atoms with E-state index in [-0.39, 0.29) is 11.7 Å². The zero-order chi connectivity index (χ0) is 11.8. The average molecular weight is 220 g/mol. The number of carbonyl (C=O) groups is 1. The summed E-state index contributed by atoms with van der Waals surface area (Å²) in [6, 6.07) is 2.72. The van der Waals surface area contributed by atoms with Crippen LogP contribution in [-0.2, 0) is 4.79 Å². The molecule has 1 rings (SSSR count). The summed E-state index contributed by atoms with van der Waals surface area (Å²) < 4.78 is 13.1. The maximum atomic E-state index is 13.1. The molecule has 1 amide bonds. The van der Waals surface area contributed by atoms with E-state index < -0.39 is 5.82 Å². The van der Waals surface area contributed by atoms with Gasteiger partial charge in [-0.3, -0.25) is 4.79 Å². The Morgan fingerprint density at radius 3 is 3.06 bits per heavy atom. The van der Waals surface area contributed by atoms with E-state index in [0.29, 0.717) is 19.3 Å². The molecule has 0 spiro atoms.